The Morgan fingerprint density at radius 3 is 2.53 bits per heavy atom. The van der Waals surface area contributed by atoms with Crippen LogP contribution in [0.4, 0.5) is 4.39 Å². The zero-order valence-electron chi connectivity index (χ0n) is 11.0. The average molecular weight is 290 g/mol. The summed E-state index contributed by atoms with van der Waals surface area (Å²) < 4.78 is 34.8. The topological polar surface area (TPSA) is 55.8 Å². The molecule has 4 nitrogen and oxygen atoms in total. The molecule has 0 amide bonds. The highest BCUT2D eigenvalue weighted by atomic mass is 32.2. The van der Waals surface area contributed by atoms with Crippen LogP contribution in [0.2, 0.25) is 0 Å². The average Bonchev–Trinajstić information content (AvgIpc) is 2.37. The number of hydrogen-bond acceptors (Lipinski definition) is 4. The van der Waals surface area contributed by atoms with Gasteiger partial charge in [-0.1, -0.05) is 0 Å². The van der Waals surface area contributed by atoms with Crippen molar-refractivity contribution < 1.29 is 23.2 Å². The molecule has 108 valence electrons. The van der Waals surface area contributed by atoms with Gasteiger partial charge in [-0.15, -0.1) is 0 Å². The molecule has 0 spiro atoms. The van der Waals surface area contributed by atoms with E-state index < -0.39 is 16.9 Å². The molecule has 0 heterocycles. The zero-order chi connectivity index (χ0) is 14.3. The van der Waals surface area contributed by atoms with Gasteiger partial charge in [-0.25, -0.2) is 4.39 Å². The van der Waals surface area contributed by atoms with Crippen LogP contribution in [0.1, 0.15) is 6.92 Å². The lowest BCUT2D eigenvalue weighted by molar-refractivity contribution is -0.0259. The van der Waals surface area contributed by atoms with Gasteiger partial charge in [0.2, 0.25) is 0 Å². The van der Waals surface area contributed by atoms with Crippen molar-refractivity contribution >= 4 is 10.8 Å². The van der Waals surface area contributed by atoms with Crippen LogP contribution in [0.15, 0.2) is 29.2 Å². The van der Waals surface area contributed by atoms with Crippen molar-refractivity contribution in [3.8, 4) is 0 Å². The Morgan fingerprint density at radius 1 is 1.32 bits per heavy atom. The van der Waals surface area contributed by atoms with Crippen LogP contribution in [0, 0.1) is 5.82 Å². The van der Waals surface area contributed by atoms with E-state index in [0.717, 1.165) is 0 Å². The van der Waals surface area contributed by atoms with E-state index in [1.807, 2.05) is 6.92 Å². The molecule has 3 unspecified atom stereocenters. The van der Waals surface area contributed by atoms with Gasteiger partial charge in [-0.3, -0.25) is 4.21 Å². The molecule has 19 heavy (non-hydrogen) atoms. The summed E-state index contributed by atoms with van der Waals surface area (Å²) in [6.07, 6.45) is -0.955. The molecule has 3 atom stereocenters. The Bertz CT molecular complexity index is 396. The van der Waals surface area contributed by atoms with Gasteiger partial charge in [0.1, 0.15) is 5.82 Å². The second-order valence-electron chi connectivity index (χ2n) is 4.22. The molecule has 1 aromatic rings. The van der Waals surface area contributed by atoms with Gasteiger partial charge in [-0.2, -0.15) is 0 Å². The Hall–Kier alpha value is -0.820. The molecule has 0 aliphatic rings. The van der Waals surface area contributed by atoms with E-state index in [1.54, 1.807) is 7.11 Å². The van der Waals surface area contributed by atoms with E-state index in [4.69, 9.17) is 9.47 Å². The van der Waals surface area contributed by atoms with E-state index in [0.29, 0.717) is 11.5 Å². The lowest BCUT2D eigenvalue weighted by atomic mass is 10.3. The fourth-order valence-corrected chi connectivity index (χ4v) is 2.54. The van der Waals surface area contributed by atoms with Gasteiger partial charge in [0.15, 0.2) is 0 Å². The van der Waals surface area contributed by atoms with Crippen molar-refractivity contribution in [2.45, 2.75) is 24.0 Å². The third-order valence-corrected chi connectivity index (χ3v) is 3.88. The van der Waals surface area contributed by atoms with E-state index in [2.05, 4.69) is 0 Å². The third-order valence-electron chi connectivity index (χ3n) is 2.39. The van der Waals surface area contributed by atoms with Gasteiger partial charge in [0.05, 0.1) is 42.0 Å². The smallest absolute Gasteiger partial charge is 0.123 e. The molecule has 1 N–H and O–H groups in total. The SMILES string of the molecule is COCC(C)OCC(O)CS(=O)c1ccc(F)cc1. The lowest BCUT2D eigenvalue weighted by Crippen LogP contribution is -2.27. The Morgan fingerprint density at radius 2 is 1.95 bits per heavy atom. The maximum Gasteiger partial charge on any atom is 0.123 e. The first-order chi connectivity index (χ1) is 9.02. The monoisotopic (exact) mass is 290 g/mol. The molecule has 0 saturated heterocycles. The number of rotatable bonds is 8. The first-order valence-corrected chi connectivity index (χ1v) is 7.27. The minimum absolute atomic E-state index is 0.0608. The molecule has 6 heteroatoms. The van der Waals surface area contributed by atoms with Crippen molar-refractivity contribution in [2.24, 2.45) is 0 Å². The van der Waals surface area contributed by atoms with Gasteiger partial charge in [0, 0.05) is 12.0 Å². The van der Waals surface area contributed by atoms with E-state index in [9.17, 15) is 13.7 Å². The second kappa shape index (κ2) is 8.37. The Kier molecular flexibility index (Phi) is 7.15. The maximum absolute atomic E-state index is 12.7. The number of ether oxygens (including phenoxy) is 2. The lowest BCUT2D eigenvalue weighted by Gasteiger charge is -2.15. The highest BCUT2D eigenvalue weighted by Crippen LogP contribution is 2.09. The van der Waals surface area contributed by atoms with Crippen molar-refractivity contribution in [3.05, 3.63) is 30.1 Å². The first-order valence-electron chi connectivity index (χ1n) is 5.95. The minimum atomic E-state index is -1.37. The van der Waals surface area contributed by atoms with E-state index >= 15 is 0 Å². The summed E-state index contributed by atoms with van der Waals surface area (Å²) in [5.41, 5.74) is 0. The molecule has 0 aliphatic heterocycles. The molecule has 0 bridgehead atoms. The molecular formula is C13H19FO4S. The highest BCUT2D eigenvalue weighted by molar-refractivity contribution is 7.85. The van der Waals surface area contributed by atoms with Crippen molar-refractivity contribution in [2.75, 3.05) is 26.1 Å². The van der Waals surface area contributed by atoms with Crippen molar-refractivity contribution in [1.29, 1.82) is 0 Å². The molecule has 0 aliphatic carbocycles. The number of methoxy groups -OCH3 is 1. The maximum atomic E-state index is 12.7. The number of benzene rings is 1. The molecule has 0 fully saturated rings. The number of hydrogen-bond donors (Lipinski definition) is 1. The minimum Gasteiger partial charge on any atom is -0.390 e. The fraction of sp³-hybridized carbons (Fsp3) is 0.538. The number of halogens is 1. The summed E-state index contributed by atoms with van der Waals surface area (Å²) in [5.74, 6) is -0.316. The van der Waals surface area contributed by atoms with Crippen LogP contribution in [0.3, 0.4) is 0 Å². The third kappa shape index (κ3) is 6.24. The Labute approximate surface area is 115 Å². The molecule has 0 radical (unpaired) electrons. The summed E-state index contributed by atoms with van der Waals surface area (Å²) in [6, 6.07) is 5.40. The number of aliphatic hydroxyl groups excluding tert-OH is 1. The molecule has 0 aromatic heterocycles. The zero-order valence-corrected chi connectivity index (χ0v) is 11.9. The van der Waals surface area contributed by atoms with Crippen LogP contribution >= 0.6 is 0 Å². The van der Waals surface area contributed by atoms with Crippen molar-refractivity contribution in [3.63, 3.8) is 0 Å². The first kappa shape index (κ1) is 16.2. The molecule has 1 aromatic carbocycles. The quantitative estimate of drug-likeness (QED) is 0.785. The van der Waals surface area contributed by atoms with Crippen LogP contribution in [-0.4, -0.2) is 47.6 Å². The summed E-state index contributed by atoms with van der Waals surface area (Å²) in [5, 5.41) is 9.72. The highest BCUT2D eigenvalue weighted by Gasteiger charge is 2.13. The standard InChI is InChI=1S/C13H19FO4S/c1-10(7-17-2)18-8-12(15)9-19(16)13-5-3-11(14)4-6-13/h3-6,10,12,15H,7-9H2,1-2H3. The fourth-order valence-electron chi connectivity index (χ4n) is 1.46. The van der Waals surface area contributed by atoms with E-state index in [1.165, 1.54) is 24.3 Å². The second-order valence-corrected chi connectivity index (χ2v) is 5.72. The van der Waals surface area contributed by atoms with Crippen LogP contribution < -0.4 is 0 Å². The van der Waals surface area contributed by atoms with Crippen LogP contribution in [-0.2, 0) is 20.3 Å². The van der Waals surface area contributed by atoms with Gasteiger partial charge < -0.3 is 14.6 Å². The van der Waals surface area contributed by atoms with Gasteiger partial charge in [-0.05, 0) is 31.2 Å². The van der Waals surface area contributed by atoms with Crippen LogP contribution in [0.25, 0.3) is 0 Å². The summed E-state index contributed by atoms with van der Waals surface area (Å²) >= 11 is 0. The Balaban J connectivity index is 2.37. The molecule has 0 saturated carbocycles. The summed E-state index contributed by atoms with van der Waals surface area (Å²) in [6.45, 7) is 2.36. The van der Waals surface area contributed by atoms with E-state index in [-0.39, 0.29) is 24.3 Å². The normalized spacial score (nSPS) is 16.0. The summed E-state index contributed by atoms with van der Waals surface area (Å²) in [4.78, 5) is 0.491. The number of aliphatic hydroxyl groups is 1. The largest absolute Gasteiger partial charge is 0.390 e. The van der Waals surface area contributed by atoms with Gasteiger partial charge >= 0.3 is 0 Å². The predicted molar refractivity (Wildman–Crippen MR) is 71.0 cm³/mol. The summed E-state index contributed by atoms with van der Waals surface area (Å²) in [7, 11) is 0.201. The molecule has 1 rings (SSSR count). The van der Waals surface area contributed by atoms with Gasteiger partial charge in [0.25, 0.3) is 0 Å². The van der Waals surface area contributed by atoms with Crippen LogP contribution in [0.5, 0.6) is 0 Å². The molecular weight excluding hydrogens is 271 g/mol. The predicted octanol–water partition coefficient (Wildman–Crippen LogP) is 1.35. The van der Waals surface area contributed by atoms with Crippen molar-refractivity contribution in [1.82, 2.24) is 0 Å².